The van der Waals surface area contributed by atoms with Crippen LogP contribution in [0.5, 0.6) is 0 Å². The third-order valence-electron chi connectivity index (χ3n) is 1.17. The predicted octanol–water partition coefficient (Wildman–Crippen LogP) is -0.958. The predicted molar refractivity (Wildman–Crippen MR) is 41.9 cm³/mol. The average molecular weight is 180 g/mol. The Balaban J connectivity index is 3.82. The molecule has 11 heavy (non-hydrogen) atoms. The molecular formula is C5H12N2O3S. The molecule has 0 radical (unpaired) electrons. The van der Waals surface area contributed by atoms with Gasteiger partial charge < -0.3 is 10.6 Å². The van der Waals surface area contributed by atoms with Crippen molar-refractivity contribution in [1.29, 1.82) is 0 Å². The van der Waals surface area contributed by atoms with Crippen molar-refractivity contribution in [2.24, 2.45) is 5.73 Å². The molecule has 0 saturated heterocycles. The lowest BCUT2D eigenvalue weighted by Crippen LogP contribution is -2.35. The second-order valence-electron chi connectivity index (χ2n) is 2.39. The first kappa shape index (κ1) is 10.2. The summed E-state index contributed by atoms with van der Waals surface area (Å²) >= 11 is 0. The van der Waals surface area contributed by atoms with Crippen molar-refractivity contribution in [2.75, 3.05) is 25.6 Å². The van der Waals surface area contributed by atoms with Crippen LogP contribution < -0.4 is 5.73 Å². The van der Waals surface area contributed by atoms with E-state index in [1.165, 1.54) is 7.05 Å². The van der Waals surface area contributed by atoms with Crippen LogP contribution in [-0.2, 0) is 9.84 Å². The molecule has 5 nitrogen and oxygen atoms in total. The highest BCUT2D eigenvalue weighted by atomic mass is 32.2. The van der Waals surface area contributed by atoms with Crippen molar-refractivity contribution in [2.45, 2.75) is 0 Å². The van der Waals surface area contributed by atoms with Gasteiger partial charge in [-0.1, -0.05) is 0 Å². The molecule has 2 N–H and O–H groups in total. The summed E-state index contributed by atoms with van der Waals surface area (Å²) in [7, 11) is -1.55. The molecule has 0 saturated carbocycles. The second kappa shape index (κ2) is 3.56. The first-order chi connectivity index (χ1) is 4.83. The second-order valence-corrected chi connectivity index (χ2v) is 4.65. The number of urea groups is 1. The maximum absolute atomic E-state index is 10.6. The van der Waals surface area contributed by atoms with Gasteiger partial charge >= 0.3 is 6.03 Å². The fourth-order valence-electron chi connectivity index (χ4n) is 0.413. The molecule has 0 aromatic carbocycles. The summed E-state index contributed by atoms with van der Waals surface area (Å²) in [6.07, 6.45) is 1.11. The largest absolute Gasteiger partial charge is 0.351 e. The van der Waals surface area contributed by atoms with Crippen LogP contribution in [0.1, 0.15) is 0 Å². The number of amides is 2. The number of nitrogens with zero attached hydrogens (tertiary/aromatic N) is 1. The number of nitrogens with two attached hydrogens (primary N) is 1. The van der Waals surface area contributed by atoms with Gasteiger partial charge in [0.1, 0.15) is 9.84 Å². The Labute approximate surface area is 66.1 Å². The van der Waals surface area contributed by atoms with Crippen LogP contribution in [0.2, 0.25) is 0 Å². The molecular weight excluding hydrogens is 168 g/mol. The van der Waals surface area contributed by atoms with Crippen molar-refractivity contribution >= 4 is 15.9 Å². The summed E-state index contributed by atoms with van der Waals surface area (Å²) in [4.78, 5) is 11.5. The summed E-state index contributed by atoms with van der Waals surface area (Å²) in [6, 6.07) is -0.617. The highest BCUT2D eigenvalue weighted by molar-refractivity contribution is 7.90. The maximum Gasteiger partial charge on any atom is 0.314 e. The van der Waals surface area contributed by atoms with Crippen molar-refractivity contribution in [1.82, 2.24) is 4.90 Å². The van der Waals surface area contributed by atoms with Crippen LogP contribution in [0, 0.1) is 0 Å². The Morgan fingerprint density at radius 2 is 2.00 bits per heavy atom. The van der Waals surface area contributed by atoms with Gasteiger partial charge in [0.15, 0.2) is 0 Å². The number of carbonyl (C=O) groups excluding carboxylic acids is 1. The molecule has 6 heteroatoms. The molecule has 0 aromatic rings. The van der Waals surface area contributed by atoms with E-state index in [1.54, 1.807) is 0 Å². The highest BCUT2D eigenvalue weighted by Gasteiger charge is 2.07. The number of primary amides is 1. The minimum absolute atomic E-state index is 0.0492. The minimum Gasteiger partial charge on any atom is -0.351 e. The van der Waals surface area contributed by atoms with E-state index in [4.69, 9.17) is 5.73 Å². The van der Waals surface area contributed by atoms with Gasteiger partial charge in [-0.05, 0) is 0 Å². The monoisotopic (exact) mass is 180 g/mol. The van der Waals surface area contributed by atoms with Crippen molar-refractivity contribution < 1.29 is 13.2 Å². The standard InChI is InChI=1S/C5H12N2O3S/c1-7(5(6)8)3-4-11(2,9)10/h3-4H2,1-2H3,(H2,6,8). The molecule has 0 heterocycles. The maximum atomic E-state index is 10.6. The van der Waals surface area contributed by atoms with E-state index in [-0.39, 0.29) is 12.3 Å². The number of sulfone groups is 1. The van der Waals surface area contributed by atoms with E-state index >= 15 is 0 Å². The van der Waals surface area contributed by atoms with E-state index in [0.717, 1.165) is 11.2 Å². The first-order valence-corrected chi connectivity index (χ1v) is 5.07. The summed E-state index contributed by atoms with van der Waals surface area (Å²) in [5.41, 5.74) is 4.86. The lowest BCUT2D eigenvalue weighted by atomic mass is 10.6. The fourth-order valence-corrected chi connectivity index (χ4v) is 1.02. The SMILES string of the molecule is CN(CCS(C)(=O)=O)C(N)=O. The van der Waals surface area contributed by atoms with Gasteiger partial charge in [-0.2, -0.15) is 0 Å². The Bertz CT molecular complexity index is 234. The summed E-state index contributed by atoms with van der Waals surface area (Å²) in [5.74, 6) is -0.0492. The molecule has 0 bridgehead atoms. The number of rotatable bonds is 3. The van der Waals surface area contributed by atoms with Gasteiger partial charge in [-0.3, -0.25) is 0 Å². The molecule has 0 atom stereocenters. The lowest BCUT2D eigenvalue weighted by molar-refractivity contribution is 0.221. The van der Waals surface area contributed by atoms with Crippen LogP contribution in [-0.4, -0.2) is 44.9 Å². The normalized spacial score (nSPS) is 11.1. The molecule has 0 rings (SSSR count). The van der Waals surface area contributed by atoms with Gasteiger partial charge in [0.25, 0.3) is 0 Å². The zero-order valence-electron chi connectivity index (χ0n) is 6.57. The van der Waals surface area contributed by atoms with Crippen LogP contribution in [0.3, 0.4) is 0 Å². The number of hydrogen-bond acceptors (Lipinski definition) is 3. The molecule has 0 spiro atoms. The van der Waals surface area contributed by atoms with Gasteiger partial charge in [0.2, 0.25) is 0 Å². The molecule has 2 amide bonds. The van der Waals surface area contributed by atoms with Gasteiger partial charge in [-0.15, -0.1) is 0 Å². The summed E-state index contributed by atoms with van der Waals surface area (Å²) in [5, 5.41) is 0. The van der Waals surface area contributed by atoms with E-state index in [2.05, 4.69) is 0 Å². The Hall–Kier alpha value is -0.780. The Morgan fingerprint density at radius 3 is 2.27 bits per heavy atom. The minimum atomic E-state index is -3.00. The van der Waals surface area contributed by atoms with Crippen LogP contribution >= 0.6 is 0 Å². The topological polar surface area (TPSA) is 80.5 Å². The Morgan fingerprint density at radius 1 is 1.55 bits per heavy atom. The quantitative estimate of drug-likeness (QED) is 0.607. The average Bonchev–Trinajstić information content (AvgIpc) is 1.80. The zero-order valence-corrected chi connectivity index (χ0v) is 7.39. The molecule has 0 aliphatic rings. The molecule has 0 fully saturated rings. The lowest BCUT2D eigenvalue weighted by Gasteiger charge is -2.12. The van der Waals surface area contributed by atoms with Crippen LogP contribution in [0.15, 0.2) is 0 Å². The third-order valence-corrected chi connectivity index (χ3v) is 2.10. The summed E-state index contributed by atoms with van der Waals surface area (Å²) < 4.78 is 21.2. The molecule has 0 aromatic heterocycles. The molecule has 66 valence electrons. The fraction of sp³-hybridized carbons (Fsp3) is 0.800. The van der Waals surface area contributed by atoms with Crippen molar-refractivity contribution in [3.8, 4) is 0 Å². The number of carbonyl (C=O) groups is 1. The van der Waals surface area contributed by atoms with E-state index in [1.807, 2.05) is 0 Å². The van der Waals surface area contributed by atoms with E-state index in [0.29, 0.717) is 0 Å². The van der Waals surface area contributed by atoms with Gasteiger partial charge in [0.05, 0.1) is 5.75 Å². The highest BCUT2D eigenvalue weighted by Crippen LogP contribution is 1.86. The van der Waals surface area contributed by atoms with Crippen LogP contribution in [0.25, 0.3) is 0 Å². The molecule has 0 aliphatic heterocycles. The number of hydrogen-bond donors (Lipinski definition) is 1. The summed E-state index contributed by atoms with van der Waals surface area (Å²) in [6.45, 7) is 0.147. The zero-order chi connectivity index (χ0) is 9.07. The third kappa shape index (κ3) is 5.65. The smallest absolute Gasteiger partial charge is 0.314 e. The van der Waals surface area contributed by atoms with E-state index < -0.39 is 15.9 Å². The van der Waals surface area contributed by atoms with Gasteiger partial charge in [0, 0.05) is 19.8 Å². The molecule has 0 aliphatic carbocycles. The Kier molecular flexibility index (Phi) is 3.31. The van der Waals surface area contributed by atoms with E-state index in [9.17, 15) is 13.2 Å². The van der Waals surface area contributed by atoms with Gasteiger partial charge in [-0.25, -0.2) is 13.2 Å². The van der Waals surface area contributed by atoms with Crippen LogP contribution in [0.4, 0.5) is 4.79 Å². The first-order valence-electron chi connectivity index (χ1n) is 3.01. The van der Waals surface area contributed by atoms with Crippen molar-refractivity contribution in [3.05, 3.63) is 0 Å². The molecule has 0 unspecified atom stereocenters. The van der Waals surface area contributed by atoms with Crippen molar-refractivity contribution in [3.63, 3.8) is 0 Å².